The van der Waals surface area contributed by atoms with Crippen molar-refractivity contribution >= 4 is 23.5 Å². The van der Waals surface area contributed by atoms with Crippen molar-refractivity contribution in [3.63, 3.8) is 0 Å². The second-order valence-corrected chi connectivity index (χ2v) is 8.38. The van der Waals surface area contributed by atoms with Crippen LogP contribution in [0.25, 0.3) is 29.2 Å². The minimum atomic E-state index is 0.165. The van der Waals surface area contributed by atoms with Crippen LogP contribution in [0.3, 0.4) is 0 Å². The lowest BCUT2D eigenvalue weighted by Gasteiger charge is -2.20. The van der Waals surface area contributed by atoms with Crippen LogP contribution in [0, 0.1) is 6.92 Å². The molecule has 1 aliphatic heterocycles. The first-order valence-corrected chi connectivity index (χ1v) is 11.2. The Bertz CT molecular complexity index is 1430. The molecule has 2 heterocycles. The fourth-order valence-corrected chi connectivity index (χ4v) is 4.15. The third-order valence-corrected chi connectivity index (χ3v) is 5.61. The van der Waals surface area contributed by atoms with Crippen molar-refractivity contribution in [1.29, 1.82) is 0 Å². The molecular weight excluding hydrogens is 394 g/mol. The van der Waals surface area contributed by atoms with Gasteiger partial charge in [-0.25, -0.2) is 4.98 Å². The Balaban J connectivity index is 1.83. The van der Waals surface area contributed by atoms with E-state index < -0.39 is 0 Å². The van der Waals surface area contributed by atoms with Crippen molar-refractivity contribution < 1.29 is 0 Å². The predicted molar refractivity (Wildman–Crippen MR) is 131 cm³/mol. The van der Waals surface area contributed by atoms with Gasteiger partial charge < -0.3 is 9.88 Å². The van der Waals surface area contributed by atoms with Crippen LogP contribution < -0.4 is 21.4 Å². The van der Waals surface area contributed by atoms with Crippen molar-refractivity contribution in [3.05, 3.63) is 82.5 Å². The number of nitrogens with zero attached hydrogens (tertiary/aromatic N) is 4. The molecule has 0 spiro atoms. The molecule has 0 fully saturated rings. The van der Waals surface area contributed by atoms with Crippen LogP contribution >= 0.6 is 0 Å². The molecule has 5 nitrogen and oxygen atoms in total. The molecule has 32 heavy (non-hydrogen) atoms. The van der Waals surface area contributed by atoms with Gasteiger partial charge in [-0.3, -0.25) is 9.98 Å². The SMILES string of the molecule is Cc1ncccc1Nc1cc2nc3c(n(-c4ccccc4)c-2cc1=NC(C)C)=CCCC=3. The normalized spacial score (nSPS) is 13.6. The van der Waals surface area contributed by atoms with Crippen LogP contribution in [0.15, 0.2) is 65.8 Å². The summed E-state index contributed by atoms with van der Waals surface area (Å²) in [6, 6.07) is 18.9. The van der Waals surface area contributed by atoms with Gasteiger partial charge in [-0.2, -0.15) is 0 Å². The lowest BCUT2D eigenvalue weighted by atomic mass is 10.1. The van der Waals surface area contributed by atoms with Crippen molar-refractivity contribution in [2.45, 2.75) is 39.7 Å². The molecule has 2 aromatic rings. The number of hydrogen-bond donors (Lipinski definition) is 1. The van der Waals surface area contributed by atoms with Gasteiger partial charge in [0, 0.05) is 17.9 Å². The van der Waals surface area contributed by atoms with Crippen molar-refractivity contribution in [2.24, 2.45) is 4.99 Å². The first kappa shape index (κ1) is 20.2. The molecule has 0 amide bonds. The van der Waals surface area contributed by atoms with Crippen molar-refractivity contribution in [1.82, 2.24) is 14.5 Å². The lowest BCUT2D eigenvalue weighted by molar-refractivity contribution is 0.804. The zero-order chi connectivity index (χ0) is 22.1. The van der Waals surface area contributed by atoms with Crippen LogP contribution in [0.2, 0.25) is 0 Å². The van der Waals surface area contributed by atoms with E-state index in [1.54, 1.807) is 0 Å². The standard InChI is InChI=1S/C27H27N5/c1-18(2)29-24-17-27-25(16-23(24)30-21-13-9-15-28-19(21)3)31-22-12-7-8-14-26(22)32(27)20-10-5-4-6-11-20/h4-6,9-18,30H,7-8H2,1-3H3. The number of pyridine rings is 1. The summed E-state index contributed by atoms with van der Waals surface area (Å²) in [5, 5.41) is 6.65. The quantitative estimate of drug-likeness (QED) is 0.540. The fourth-order valence-electron chi connectivity index (χ4n) is 4.15. The van der Waals surface area contributed by atoms with Crippen molar-refractivity contribution in [3.8, 4) is 17.1 Å². The largest absolute Gasteiger partial charge is 0.352 e. The molecule has 5 heteroatoms. The Kier molecular flexibility index (Phi) is 5.31. The van der Waals surface area contributed by atoms with E-state index in [1.165, 1.54) is 0 Å². The summed E-state index contributed by atoms with van der Waals surface area (Å²) in [4.78, 5) is 14.4. The highest BCUT2D eigenvalue weighted by atomic mass is 15.0. The van der Waals surface area contributed by atoms with Crippen LogP contribution in [0.1, 0.15) is 32.4 Å². The molecule has 1 aromatic heterocycles. The molecule has 0 saturated carbocycles. The number of fused-ring (bicyclic) bond motifs is 2. The van der Waals surface area contributed by atoms with E-state index in [2.05, 4.69) is 77.3 Å². The maximum Gasteiger partial charge on any atom is 0.0900 e. The molecule has 0 radical (unpaired) electrons. The Morgan fingerprint density at radius 3 is 2.56 bits per heavy atom. The van der Waals surface area contributed by atoms with Crippen LogP contribution in [-0.4, -0.2) is 20.6 Å². The Morgan fingerprint density at radius 2 is 1.78 bits per heavy atom. The summed E-state index contributed by atoms with van der Waals surface area (Å²) in [6.45, 7) is 6.20. The molecule has 1 N–H and O–H groups in total. The van der Waals surface area contributed by atoms with E-state index >= 15 is 0 Å². The number of hydrogen-bond acceptors (Lipinski definition) is 4. The van der Waals surface area contributed by atoms with Crippen LogP contribution in [-0.2, 0) is 0 Å². The average Bonchev–Trinajstić information content (AvgIpc) is 2.80. The molecule has 1 aromatic carbocycles. The molecule has 3 aliphatic rings. The molecule has 0 bridgehead atoms. The maximum absolute atomic E-state index is 5.04. The molecule has 0 saturated heterocycles. The van der Waals surface area contributed by atoms with Crippen LogP contribution in [0.4, 0.5) is 11.4 Å². The summed E-state index contributed by atoms with van der Waals surface area (Å²) in [5.74, 6) is 0. The smallest absolute Gasteiger partial charge is 0.0900 e. The summed E-state index contributed by atoms with van der Waals surface area (Å²) in [6.07, 6.45) is 8.37. The molecule has 2 aliphatic carbocycles. The number of aromatic nitrogens is 3. The summed E-state index contributed by atoms with van der Waals surface area (Å²) in [5.41, 5.74) is 5.97. The van der Waals surface area contributed by atoms with Gasteiger partial charge in [0.2, 0.25) is 0 Å². The number of nitrogens with one attached hydrogen (secondary N) is 1. The Morgan fingerprint density at radius 1 is 0.969 bits per heavy atom. The first-order chi connectivity index (χ1) is 15.6. The van der Waals surface area contributed by atoms with Gasteiger partial charge in [0.1, 0.15) is 0 Å². The minimum Gasteiger partial charge on any atom is -0.352 e. The molecule has 160 valence electrons. The van der Waals surface area contributed by atoms with E-state index in [0.29, 0.717) is 0 Å². The third-order valence-electron chi connectivity index (χ3n) is 5.61. The number of aryl methyl sites for hydroxylation is 1. The topological polar surface area (TPSA) is 55.1 Å². The van der Waals surface area contributed by atoms with Gasteiger partial charge in [0.25, 0.3) is 0 Å². The summed E-state index contributed by atoms with van der Waals surface area (Å²) in [7, 11) is 0. The van der Waals surface area contributed by atoms with Gasteiger partial charge in [0.05, 0.1) is 44.5 Å². The highest BCUT2D eigenvalue weighted by Gasteiger charge is 2.16. The number of rotatable bonds is 4. The van der Waals surface area contributed by atoms with Gasteiger partial charge in [-0.1, -0.05) is 30.4 Å². The van der Waals surface area contributed by atoms with E-state index in [0.717, 1.165) is 63.0 Å². The van der Waals surface area contributed by atoms with E-state index in [4.69, 9.17) is 9.98 Å². The van der Waals surface area contributed by atoms with Gasteiger partial charge in [-0.05, 0) is 70.0 Å². The Labute approximate surface area is 187 Å². The molecule has 0 atom stereocenters. The van der Waals surface area contributed by atoms with Gasteiger partial charge in [0.15, 0.2) is 0 Å². The average molecular weight is 422 g/mol. The maximum atomic E-state index is 5.04. The zero-order valence-electron chi connectivity index (χ0n) is 18.7. The van der Waals surface area contributed by atoms with Gasteiger partial charge in [-0.15, -0.1) is 0 Å². The first-order valence-electron chi connectivity index (χ1n) is 11.2. The second kappa shape index (κ2) is 8.42. The number of para-hydroxylation sites is 1. The van der Waals surface area contributed by atoms with Gasteiger partial charge >= 0.3 is 0 Å². The number of benzene rings is 2. The number of anilines is 2. The lowest BCUT2D eigenvalue weighted by Crippen LogP contribution is -2.40. The van der Waals surface area contributed by atoms with E-state index in [1.807, 2.05) is 31.3 Å². The summed E-state index contributed by atoms with van der Waals surface area (Å²) < 4.78 is 2.31. The third kappa shape index (κ3) is 3.82. The fraction of sp³-hybridized carbons (Fsp3) is 0.222. The van der Waals surface area contributed by atoms with Crippen LogP contribution in [0.5, 0.6) is 0 Å². The van der Waals surface area contributed by atoms with E-state index in [9.17, 15) is 0 Å². The molecular formula is C27H27N5. The zero-order valence-corrected chi connectivity index (χ0v) is 18.7. The summed E-state index contributed by atoms with van der Waals surface area (Å²) >= 11 is 0. The highest BCUT2D eigenvalue weighted by Crippen LogP contribution is 2.24. The minimum absolute atomic E-state index is 0.165. The second-order valence-electron chi connectivity index (χ2n) is 8.38. The molecule has 5 rings (SSSR count). The Hall–Kier alpha value is -3.73. The van der Waals surface area contributed by atoms with E-state index in [-0.39, 0.29) is 6.04 Å². The highest BCUT2D eigenvalue weighted by molar-refractivity contribution is 5.71. The monoisotopic (exact) mass is 421 g/mol. The molecule has 0 unspecified atom stereocenters. The van der Waals surface area contributed by atoms with Crippen molar-refractivity contribution in [2.75, 3.05) is 5.32 Å². The predicted octanol–water partition coefficient (Wildman–Crippen LogP) is 4.09.